The minimum Gasteiger partial charge on any atom is -0.496 e. The molecule has 0 radical (unpaired) electrons. The molecule has 0 spiro atoms. The highest BCUT2D eigenvalue weighted by molar-refractivity contribution is 7.28. The van der Waals surface area contributed by atoms with Gasteiger partial charge in [-0.2, -0.15) is 0 Å². The van der Waals surface area contributed by atoms with Crippen molar-refractivity contribution in [3.05, 3.63) is 42.0 Å². The van der Waals surface area contributed by atoms with Crippen molar-refractivity contribution in [2.45, 2.75) is 39.0 Å². The first-order valence-corrected chi connectivity index (χ1v) is 8.89. The lowest BCUT2D eigenvalue weighted by molar-refractivity contribution is 0.397. The van der Waals surface area contributed by atoms with Gasteiger partial charge in [-0.05, 0) is 41.4 Å². The highest BCUT2D eigenvalue weighted by Gasteiger charge is 2.15. The lowest BCUT2D eigenvalue weighted by Gasteiger charge is -2.17. The Labute approximate surface area is 142 Å². The third kappa shape index (κ3) is 4.26. The molecule has 0 aromatic heterocycles. The predicted octanol–water partition coefficient (Wildman–Crippen LogP) is 4.99. The fourth-order valence-corrected chi connectivity index (χ4v) is 3.39. The van der Waals surface area contributed by atoms with E-state index in [4.69, 9.17) is 9.47 Å². The molecule has 0 heterocycles. The Morgan fingerprint density at radius 3 is 2.13 bits per heavy atom. The fraction of sp³-hybridized carbons (Fsp3) is 0.400. The first-order chi connectivity index (χ1) is 11.2. The Balaban J connectivity index is 2.37. The van der Waals surface area contributed by atoms with Crippen LogP contribution in [0.1, 0.15) is 38.2 Å². The largest absolute Gasteiger partial charge is 0.496 e. The molecular weight excluding hydrogens is 303 g/mol. The van der Waals surface area contributed by atoms with Crippen LogP contribution >= 0.6 is 9.24 Å². The molecule has 0 N–H and O–H groups in total. The van der Waals surface area contributed by atoms with Gasteiger partial charge in [0.2, 0.25) is 0 Å². The number of benzene rings is 2. The molecule has 0 aliphatic rings. The number of rotatable bonds is 8. The zero-order chi connectivity index (χ0) is 16.7. The van der Waals surface area contributed by atoms with Crippen LogP contribution in [0.4, 0.5) is 0 Å². The van der Waals surface area contributed by atoms with Crippen molar-refractivity contribution in [2.24, 2.45) is 0 Å². The average Bonchev–Trinajstić information content (AvgIpc) is 2.59. The van der Waals surface area contributed by atoms with Crippen LogP contribution in [0.5, 0.6) is 11.5 Å². The van der Waals surface area contributed by atoms with E-state index in [9.17, 15) is 0 Å². The van der Waals surface area contributed by atoms with Crippen molar-refractivity contribution in [3.63, 3.8) is 0 Å². The highest BCUT2D eigenvalue weighted by Crippen LogP contribution is 2.38. The van der Waals surface area contributed by atoms with E-state index in [-0.39, 0.29) is 0 Å². The van der Waals surface area contributed by atoms with Gasteiger partial charge in [0.15, 0.2) is 0 Å². The second kappa shape index (κ2) is 8.93. The van der Waals surface area contributed by atoms with Crippen LogP contribution in [-0.4, -0.2) is 14.2 Å². The molecule has 1 unspecified atom stereocenters. The summed E-state index contributed by atoms with van der Waals surface area (Å²) >= 11 is 0. The number of methoxy groups -OCH3 is 2. The van der Waals surface area contributed by atoms with E-state index in [1.807, 2.05) is 18.2 Å². The Hall–Kier alpha value is -1.53. The molecule has 0 aliphatic carbocycles. The van der Waals surface area contributed by atoms with Crippen molar-refractivity contribution in [2.75, 3.05) is 14.2 Å². The summed E-state index contributed by atoms with van der Waals surface area (Å²) in [6.07, 6.45) is 6.23. The van der Waals surface area contributed by atoms with Gasteiger partial charge in [-0.15, -0.1) is 9.24 Å². The van der Waals surface area contributed by atoms with E-state index in [0.717, 1.165) is 29.0 Å². The Morgan fingerprint density at radius 1 is 0.870 bits per heavy atom. The number of ether oxygens (including phenoxy) is 2. The van der Waals surface area contributed by atoms with Crippen LogP contribution < -0.4 is 14.8 Å². The van der Waals surface area contributed by atoms with Gasteiger partial charge in [0.25, 0.3) is 0 Å². The second-order valence-electron chi connectivity index (χ2n) is 5.73. The highest BCUT2D eigenvalue weighted by atomic mass is 31.0. The Bertz CT molecular complexity index is 615. The fourth-order valence-electron chi connectivity index (χ4n) is 2.91. The Morgan fingerprint density at radius 2 is 1.52 bits per heavy atom. The maximum atomic E-state index is 5.56. The molecule has 0 amide bonds. The maximum absolute atomic E-state index is 5.56. The summed E-state index contributed by atoms with van der Waals surface area (Å²) in [6, 6.07) is 12.4. The van der Waals surface area contributed by atoms with E-state index >= 15 is 0 Å². The summed E-state index contributed by atoms with van der Waals surface area (Å²) in [4.78, 5) is 0. The summed E-state index contributed by atoms with van der Waals surface area (Å²) in [5.74, 6) is 1.69. The van der Waals surface area contributed by atoms with Gasteiger partial charge in [-0.1, -0.05) is 50.5 Å². The smallest absolute Gasteiger partial charge is 0.130 e. The normalized spacial score (nSPS) is 10.6. The quantitative estimate of drug-likeness (QED) is 0.501. The van der Waals surface area contributed by atoms with Gasteiger partial charge < -0.3 is 9.47 Å². The molecule has 0 saturated heterocycles. The van der Waals surface area contributed by atoms with Crippen LogP contribution in [0.15, 0.2) is 36.4 Å². The van der Waals surface area contributed by atoms with Crippen molar-refractivity contribution in [1.82, 2.24) is 0 Å². The molecule has 2 nitrogen and oxygen atoms in total. The van der Waals surface area contributed by atoms with Crippen LogP contribution in [0.25, 0.3) is 11.1 Å². The van der Waals surface area contributed by atoms with Crippen LogP contribution in [0.2, 0.25) is 0 Å². The molecule has 0 fully saturated rings. The molecule has 124 valence electrons. The first-order valence-electron chi connectivity index (χ1n) is 8.31. The summed E-state index contributed by atoms with van der Waals surface area (Å²) in [7, 11) is 6.32. The third-order valence-electron chi connectivity index (χ3n) is 4.19. The molecule has 3 heteroatoms. The van der Waals surface area contributed by atoms with E-state index in [2.05, 4.69) is 34.4 Å². The molecule has 2 aromatic carbocycles. The van der Waals surface area contributed by atoms with Crippen molar-refractivity contribution >= 4 is 14.5 Å². The zero-order valence-electron chi connectivity index (χ0n) is 14.4. The minimum atomic E-state index is 0.844. The summed E-state index contributed by atoms with van der Waals surface area (Å²) in [5, 5.41) is 1.24. The molecule has 2 rings (SSSR count). The summed E-state index contributed by atoms with van der Waals surface area (Å²) < 4.78 is 11.1. The van der Waals surface area contributed by atoms with E-state index < -0.39 is 0 Å². The lowest BCUT2D eigenvalue weighted by atomic mass is 9.98. The molecule has 2 aromatic rings. The second-order valence-corrected chi connectivity index (χ2v) is 6.30. The average molecular weight is 330 g/mol. The standard InChI is InChI=1S/C20H27O2P/c1-4-5-6-7-10-15-11-8-12-16(20(15)23)19-17(21-2)13-9-14-18(19)22-3/h8-9,11-14H,4-7,10,23H2,1-3H3. The van der Waals surface area contributed by atoms with Gasteiger partial charge >= 0.3 is 0 Å². The number of unbranched alkanes of at least 4 members (excludes halogenated alkanes) is 3. The lowest BCUT2D eigenvalue weighted by Crippen LogP contribution is -2.07. The number of hydrogen-bond acceptors (Lipinski definition) is 2. The zero-order valence-corrected chi connectivity index (χ0v) is 15.5. The van der Waals surface area contributed by atoms with E-state index in [1.165, 1.54) is 36.6 Å². The molecule has 1 atom stereocenters. The summed E-state index contributed by atoms with van der Waals surface area (Å²) in [5.41, 5.74) is 3.58. The Kier molecular flexibility index (Phi) is 6.92. The van der Waals surface area contributed by atoms with Crippen LogP contribution in [0, 0.1) is 0 Å². The van der Waals surface area contributed by atoms with E-state index in [1.54, 1.807) is 14.2 Å². The topological polar surface area (TPSA) is 18.5 Å². The van der Waals surface area contributed by atoms with Crippen molar-refractivity contribution in [3.8, 4) is 22.6 Å². The predicted molar refractivity (Wildman–Crippen MR) is 102 cm³/mol. The van der Waals surface area contributed by atoms with E-state index in [0.29, 0.717) is 0 Å². The SMILES string of the molecule is CCCCCCc1cccc(-c2c(OC)cccc2OC)c1P. The molecule has 23 heavy (non-hydrogen) atoms. The number of aryl methyl sites for hydroxylation is 1. The van der Waals surface area contributed by atoms with Crippen molar-refractivity contribution in [1.29, 1.82) is 0 Å². The van der Waals surface area contributed by atoms with Gasteiger partial charge in [0.05, 0.1) is 19.8 Å². The van der Waals surface area contributed by atoms with Crippen molar-refractivity contribution < 1.29 is 9.47 Å². The first kappa shape index (κ1) is 17.8. The van der Waals surface area contributed by atoms with Gasteiger partial charge in [0, 0.05) is 0 Å². The third-order valence-corrected chi connectivity index (χ3v) is 4.88. The minimum absolute atomic E-state index is 0.844. The molecule has 0 bridgehead atoms. The van der Waals surface area contributed by atoms with Gasteiger partial charge in [-0.3, -0.25) is 0 Å². The van der Waals surface area contributed by atoms with Crippen LogP contribution in [0.3, 0.4) is 0 Å². The van der Waals surface area contributed by atoms with Gasteiger partial charge in [0.1, 0.15) is 11.5 Å². The van der Waals surface area contributed by atoms with Gasteiger partial charge in [-0.25, -0.2) is 0 Å². The molecular formula is C20H27O2P. The molecule has 0 saturated carbocycles. The molecule has 0 aliphatic heterocycles. The monoisotopic (exact) mass is 330 g/mol. The van der Waals surface area contributed by atoms with Crippen LogP contribution in [-0.2, 0) is 6.42 Å². The maximum Gasteiger partial charge on any atom is 0.130 e. The number of hydrogen-bond donors (Lipinski definition) is 0. The summed E-state index contributed by atoms with van der Waals surface area (Å²) in [6.45, 7) is 2.25.